The van der Waals surface area contributed by atoms with Gasteiger partial charge in [-0.3, -0.25) is 4.90 Å². The fraction of sp³-hybridized carbons (Fsp3) is 0.0588. The summed E-state index contributed by atoms with van der Waals surface area (Å²) >= 11 is 0. The van der Waals surface area contributed by atoms with Crippen LogP contribution in [-0.2, 0) is 6.54 Å². The van der Waals surface area contributed by atoms with Crippen molar-refractivity contribution in [3.05, 3.63) is 78.5 Å². The minimum absolute atomic E-state index is 0.310. The average Bonchev–Trinajstić information content (AvgIpc) is 2.57. The van der Waals surface area contributed by atoms with E-state index in [1.165, 1.54) is 18.5 Å². The van der Waals surface area contributed by atoms with Crippen LogP contribution in [-0.4, -0.2) is 9.97 Å². The van der Waals surface area contributed by atoms with Gasteiger partial charge in [0.05, 0.1) is 5.69 Å². The number of hydrogen-bond acceptors (Lipinski definition) is 4. The number of aromatic nitrogens is 2. The Bertz CT molecular complexity index is 708. The Hall–Kier alpha value is -2.79. The van der Waals surface area contributed by atoms with E-state index in [1.807, 2.05) is 35.2 Å². The smallest absolute Gasteiger partial charge is 0.140 e. The number of benzene rings is 2. The van der Waals surface area contributed by atoms with Crippen LogP contribution in [0.1, 0.15) is 5.56 Å². The van der Waals surface area contributed by atoms with E-state index >= 15 is 0 Å². The molecule has 0 saturated heterocycles. The highest BCUT2D eigenvalue weighted by atomic mass is 19.1. The van der Waals surface area contributed by atoms with Crippen LogP contribution in [0.15, 0.2) is 67.1 Å². The van der Waals surface area contributed by atoms with E-state index < -0.39 is 0 Å². The second kappa shape index (κ2) is 6.32. The van der Waals surface area contributed by atoms with Crippen molar-refractivity contribution in [2.75, 3.05) is 4.90 Å². The number of halogens is 1. The van der Waals surface area contributed by atoms with E-state index in [9.17, 15) is 4.39 Å². The third-order valence-electron chi connectivity index (χ3n) is 3.32. The summed E-state index contributed by atoms with van der Waals surface area (Å²) in [7, 11) is 0. The summed E-state index contributed by atoms with van der Waals surface area (Å²) < 4.78 is 13.8. The van der Waals surface area contributed by atoms with Crippen molar-refractivity contribution >= 4 is 17.2 Å². The first-order chi connectivity index (χ1) is 10.8. The average molecular weight is 294 g/mol. The van der Waals surface area contributed by atoms with Crippen LogP contribution in [0.4, 0.5) is 21.6 Å². The molecule has 0 atom stereocenters. The Kier molecular flexibility index (Phi) is 4.07. The number of nitrogens with zero attached hydrogens (tertiary/aromatic N) is 3. The molecule has 0 amide bonds. The Labute approximate surface area is 128 Å². The van der Waals surface area contributed by atoms with E-state index in [2.05, 4.69) is 9.97 Å². The number of para-hydroxylation sites is 1. The fourth-order valence-corrected chi connectivity index (χ4v) is 2.31. The van der Waals surface area contributed by atoms with Crippen LogP contribution in [0.5, 0.6) is 0 Å². The van der Waals surface area contributed by atoms with Crippen molar-refractivity contribution in [1.82, 2.24) is 9.97 Å². The molecule has 4 nitrogen and oxygen atoms in total. The van der Waals surface area contributed by atoms with E-state index in [4.69, 9.17) is 5.73 Å². The van der Waals surface area contributed by atoms with Gasteiger partial charge in [-0.05, 0) is 35.9 Å². The number of hydrogen-bond donors (Lipinski definition) is 1. The van der Waals surface area contributed by atoms with Crippen LogP contribution < -0.4 is 10.6 Å². The molecular weight excluding hydrogens is 279 g/mol. The second-order valence-corrected chi connectivity index (χ2v) is 4.72. The van der Waals surface area contributed by atoms with E-state index in [1.54, 1.807) is 18.3 Å². The predicted octanol–water partition coefficient (Wildman–Crippen LogP) is 3.54. The maximum atomic E-state index is 13.8. The zero-order chi connectivity index (χ0) is 15.4. The summed E-state index contributed by atoms with van der Waals surface area (Å²) in [5, 5.41) is 0. The number of anilines is 3. The molecule has 0 saturated carbocycles. The Morgan fingerprint density at radius 2 is 1.86 bits per heavy atom. The highest BCUT2D eigenvalue weighted by molar-refractivity contribution is 5.76. The van der Waals surface area contributed by atoms with Crippen LogP contribution in [0.3, 0.4) is 0 Å². The molecule has 0 unspecified atom stereocenters. The van der Waals surface area contributed by atoms with Crippen LogP contribution in [0.2, 0.25) is 0 Å². The first-order valence-corrected chi connectivity index (χ1v) is 6.89. The van der Waals surface area contributed by atoms with Crippen molar-refractivity contribution in [1.29, 1.82) is 0 Å². The lowest BCUT2D eigenvalue weighted by Crippen LogP contribution is -2.15. The van der Waals surface area contributed by atoms with Gasteiger partial charge >= 0.3 is 0 Å². The third-order valence-corrected chi connectivity index (χ3v) is 3.32. The molecule has 0 aliphatic rings. The third kappa shape index (κ3) is 2.80. The molecule has 110 valence electrons. The molecule has 0 aliphatic carbocycles. The summed E-state index contributed by atoms with van der Waals surface area (Å²) in [6, 6.07) is 16.0. The summed E-state index contributed by atoms with van der Waals surface area (Å²) in [6.07, 6.45) is 3.12. The maximum Gasteiger partial charge on any atom is 0.140 e. The fourth-order valence-electron chi connectivity index (χ4n) is 2.31. The van der Waals surface area contributed by atoms with Crippen LogP contribution in [0, 0.1) is 5.82 Å². The first kappa shape index (κ1) is 14.2. The molecule has 1 heterocycles. The van der Waals surface area contributed by atoms with Gasteiger partial charge in [-0.1, -0.05) is 24.3 Å². The van der Waals surface area contributed by atoms with Gasteiger partial charge in [0.25, 0.3) is 0 Å². The SMILES string of the molecule is NCc1ccc(F)cc1N(c1ccccc1)c1ccncn1. The summed E-state index contributed by atoms with van der Waals surface area (Å²) in [6.45, 7) is 0.310. The summed E-state index contributed by atoms with van der Waals surface area (Å²) in [4.78, 5) is 10.1. The Morgan fingerprint density at radius 3 is 2.55 bits per heavy atom. The molecule has 0 bridgehead atoms. The Morgan fingerprint density at radius 1 is 1.05 bits per heavy atom. The largest absolute Gasteiger partial charge is 0.326 e. The normalized spacial score (nSPS) is 10.5. The summed E-state index contributed by atoms with van der Waals surface area (Å²) in [5.41, 5.74) is 8.20. The molecule has 2 N–H and O–H groups in total. The quantitative estimate of drug-likeness (QED) is 0.799. The molecule has 3 rings (SSSR count). The first-order valence-electron chi connectivity index (χ1n) is 6.89. The highest BCUT2D eigenvalue weighted by Crippen LogP contribution is 2.35. The van der Waals surface area contributed by atoms with E-state index in [0.29, 0.717) is 18.1 Å². The van der Waals surface area contributed by atoms with Gasteiger partial charge in [-0.2, -0.15) is 0 Å². The standard InChI is InChI=1S/C17H15FN4/c18-14-7-6-13(11-19)16(10-14)22(15-4-2-1-3-5-15)17-8-9-20-12-21-17/h1-10,12H,11,19H2. The predicted molar refractivity (Wildman–Crippen MR) is 84.6 cm³/mol. The van der Waals surface area contributed by atoms with Gasteiger partial charge in [-0.25, -0.2) is 14.4 Å². The van der Waals surface area contributed by atoms with Gasteiger partial charge in [0, 0.05) is 18.4 Å². The number of rotatable bonds is 4. The zero-order valence-electron chi connectivity index (χ0n) is 11.9. The summed E-state index contributed by atoms with van der Waals surface area (Å²) in [5.74, 6) is 0.337. The maximum absolute atomic E-state index is 13.8. The molecule has 3 aromatic rings. The lowest BCUT2D eigenvalue weighted by molar-refractivity contribution is 0.627. The van der Waals surface area contributed by atoms with Crippen molar-refractivity contribution in [2.24, 2.45) is 5.73 Å². The molecule has 0 spiro atoms. The molecule has 0 radical (unpaired) electrons. The number of nitrogens with two attached hydrogens (primary N) is 1. The van der Waals surface area contributed by atoms with Crippen molar-refractivity contribution in [2.45, 2.75) is 6.54 Å². The molecule has 5 heteroatoms. The monoisotopic (exact) mass is 294 g/mol. The minimum atomic E-state index is -0.317. The molecular formula is C17H15FN4. The van der Waals surface area contributed by atoms with Gasteiger partial charge < -0.3 is 5.73 Å². The van der Waals surface area contributed by atoms with Gasteiger partial charge in [0.2, 0.25) is 0 Å². The zero-order valence-corrected chi connectivity index (χ0v) is 11.9. The topological polar surface area (TPSA) is 55.0 Å². The molecule has 2 aromatic carbocycles. The lowest BCUT2D eigenvalue weighted by Gasteiger charge is -2.26. The van der Waals surface area contributed by atoms with E-state index in [-0.39, 0.29) is 5.82 Å². The second-order valence-electron chi connectivity index (χ2n) is 4.72. The molecule has 22 heavy (non-hydrogen) atoms. The Balaban J connectivity index is 2.21. The van der Waals surface area contributed by atoms with Crippen molar-refractivity contribution < 1.29 is 4.39 Å². The molecule has 0 aliphatic heterocycles. The van der Waals surface area contributed by atoms with E-state index in [0.717, 1.165) is 11.3 Å². The van der Waals surface area contributed by atoms with Gasteiger partial charge in [0.1, 0.15) is 18.0 Å². The molecule has 0 fully saturated rings. The van der Waals surface area contributed by atoms with Gasteiger partial charge in [-0.15, -0.1) is 0 Å². The van der Waals surface area contributed by atoms with Crippen molar-refractivity contribution in [3.63, 3.8) is 0 Å². The van der Waals surface area contributed by atoms with Crippen LogP contribution in [0.25, 0.3) is 0 Å². The lowest BCUT2D eigenvalue weighted by atomic mass is 10.1. The van der Waals surface area contributed by atoms with Gasteiger partial charge in [0.15, 0.2) is 0 Å². The highest BCUT2D eigenvalue weighted by Gasteiger charge is 2.16. The minimum Gasteiger partial charge on any atom is -0.326 e. The van der Waals surface area contributed by atoms with Crippen LogP contribution >= 0.6 is 0 Å². The molecule has 1 aromatic heterocycles. The van der Waals surface area contributed by atoms with Crippen molar-refractivity contribution in [3.8, 4) is 0 Å².